The van der Waals surface area contributed by atoms with Crippen LogP contribution >= 0.6 is 0 Å². The molecule has 2 fully saturated rings. The van der Waals surface area contributed by atoms with Gasteiger partial charge in [0.15, 0.2) is 9.84 Å². The van der Waals surface area contributed by atoms with Gasteiger partial charge in [-0.2, -0.15) is 0 Å². The number of sulfone groups is 1. The molecule has 0 aromatic heterocycles. The minimum atomic E-state index is -3.04. The Balaban J connectivity index is 1.68. The Morgan fingerprint density at radius 1 is 1.23 bits per heavy atom. The first kappa shape index (κ1) is 15.5. The summed E-state index contributed by atoms with van der Waals surface area (Å²) in [5.74, 6) is -0.547. The van der Waals surface area contributed by atoms with Gasteiger partial charge in [-0.1, -0.05) is 12.1 Å². The summed E-state index contributed by atoms with van der Waals surface area (Å²) in [6.45, 7) is 0.696. The van der Waals surface area contributed by atoms with E-state index in [0.717, 1.165) is 18.4 Å². The van der Waals surface area contributed by atoms with Gasteiger partial charge in [-0.25, -0.2) is 12.8 Å². The number of rotatable bonds is 3. The van der Waals surface area contributed by atoms with Crippen molar-refractivity contribution in [2.75, 3.05) is 18.1 Å². The lowest BCUT2D eigenvalue weighted by atomic mass is 10.0. The molecule has 2 aliphatic heterocycles. The number of hydrogen-bond donors (Lipinski definition) is 0. The van der Waals surface area contributed by atoms with E-state index in [1.807, 2.05) is 4.90 Å². The average molecular weight is 325 g/mol. The first-order chi connectivity index (χ1) is 10.4. The van der Waals surface area contributed by atoms with Crippen LogP contribution in [-0.4, -0.2) is 43.3 Å². The molecule has 2 saturated heterocycles. The first-order valence-corrected chi connectivity index (χ1v) is 9.52. The predicted molar refractivity (Wildman–Crippen MR) is 81.6 cm³/mol. The zero-order chi connectivity index (χ0) is 15.7. The molecule has 1 aromatic rings. The topological polar surface area (TPSA) is 54.5 Å². The zero-order valence-corrected chi connectivity index (χ0v) is 13.2. The van der Waals surface area contributed by atoms with E-state index < -0.39 is 9.84 Å². The van der Waals surface area contributed by atoms with Crippen LogP contribution in [0.25, 0.3) is 0 Å². The van der Waals surface area contributed by atoms with Crippen molar-refractivity contribution < 1.29 is 17.6 Å². The molecule has 3 rings (SSSR count). The number of likely N-dealkylation sites (tertiary alicyclic amines) is 1. The lowest BCUT2D eigenvalue weighted by molar-refractivity contribution is -0.135. The normalized spacial score (nSPS) is 27.2. The van der Waals surface area contributed by atoms with Gasteiger partial charge in [-0.15, -0.1) is 0 Å². The first-order valence-electron chi connectivity index (χ1n) is 7.70. The van der Waals surface area contributed by atoms with E-state index in [1.165, 1.54) is 12.1 Å². The molecule has 2 atom stereocenters. The van der Waals surface area contributed by atoms with Gasteiger partial charge in [0.05, 0.1) is 17.4 Å². The molecular weight excluding hydrogens is 305 g/mol. The molecule has 0 spiro atoms. The molecule has 2 heterocycles. The van der Waals surface area contributed by atoms with Crippen molar-refractivity contribution in [1.29, 1.82) is 0 Å². The number of amides is 1. The van der Waals surface area contributed by atoms with Crippen LogP contribution in [0.1, 0.15) is 24.8 Å². The maximum atomic E-state index is 13.0. The number of nitrogens with zero attached hydrogens (tertiary/aromatic N) is 1. The van der Waals surface area contributed by atoms with Gasteiger partial charge in [-0.05, 0) is 43.4 Å². The fraction of sp³-hybridized carbons (Fsp3) is 0.562. The van der Waals surface area contributed by atoms with Crippen LogP contribution in [0.15, 0.2) is 24.3 Å². The van der Waals surface area contributed by atoms with Gasteiger partial charge in [0.2, 0.25) is 5.91 Å². The Labute approximate surface area is 130 Å². The highest BCUT2D eigenvalue weighted by Gasteiger charge is 2.38. The Morgan fingerprint density at radius 2 is 1.95 bits per heavy atom. The molecule has 4 nitrogen and oxygen atoms in total. The Bertz CT molecular complexity index is 656. The van der Waals surface area contributed by atoms with Gasteiger partial charge in [0.25, 0.3) is 0 Å². The smallest absolute Gasteiger partial charge is 0.226 e. The fourth-order valence-electron chi connectivity index (χ4n) is 3.45. The third kappa shape index (κ3) is 3.32. The standard InChI is InChI=1S/C16H20FNO3S/c17-14-5-3-12(4-6-14)10-15-2-1-8-18(15)16(19)13-7-9-22(20,21)11-13/h3-6,13,15H,1-2,7-11H2/t13-,15+/m1/s1. The van der Waals surface area contributed by atoms with E-state index in [1.54, 1.807) is 12.1 Å². The maximum Gasteiger partial charge on any atom is 0.226 e. The van der Waals surface area contributed by atoms with Crippen molar-refractivity contribution >= 4 is 15.7 Å². The summed E-state index contributed by atoms with van der Waals surface area (Å²) < 4.78 is 36.1. The van der Waals surface area contributed by atoms with Crippen molar-refractivity contribution in [1.82, 2.24) is 4.90 Å². The van der Waals surface area contributed by atoms with Gasteiger partial charge >= 0.3 is 0 Å². The molecular formula is C16H20FNO3S. The summed E-state index contributed by atoms with van der Waals surface area (Å²) in [7, 11) is -3.04. The molecule has 0 N–H and O–H groups in total. The van der Waals surface area contributed by atoms with Crippen LogP contribution in [0.3, 0.4) is 0 Å². The lowest BCUT2D eigenvalue weighted by Crippen LogP contribution is -2.41. The number of halogens is 1. The number of benzene rings is 1. The fourth-order valence-corrected chi connectivity index (χ4v) is 5.19. The van der Waals surface area contributed by atoms with Gasteiger partial charge in [0.1, 0.15) is 5.82 Å². The Kier molecular flexibility index (Phi) is 4.21. The van der Waals surface area contributed by atoms with E-state index in [2.05, 4.69) is 0 Å². The van der Waals surface area contributed by atoms with Crippen molar-refractivity contribution in [3.63, 3.8) is 0 Å². The molecule has 0 aliphatic carbocycles. The zero-order valence-electron chi connectivity index (χ0n) is 12.4. The number of hydrogen-bond acceptors (Lipinski definition) is 3. The molecule has 2 aliphatic rings. The van der Waals surface area contributed by atoms with Gasteiger partial charge in [-0.3, -0.25) is 4.79 Å². The third-order valence-electron chi connectivity index (χ3n) is 4.63. The van der Waals surface area contributed by atoms with Crippen molar-refractivity contribution in [3.05, 3.63) is 35.6 Å². The largest absolute Gasteiger partial charge is 0.339 e. The summed E-state index contributed by atoms with van der Waals surface area (Å²) in [6.07, 6.45) is 3.01. The minimum Gasteiger partial charge on any atom is -0.339 e. The predicted octanol–water partition coefficient (Wildman–Crippen LogP) is 1.79. The molecule has 22 heavy (non-hydrogen) atoms. The van der Waals surface area contributed by atoms with Crippen molar-refractivity contribution in [2.45, 2.75) is 31.7 Å². The second-order valence-corrected chi connectivity index (χ2v) is 8.49. The SMILES string of the molecule is O=C([C@@H]1CCS(=O)(=O)C1)N1CCC[C@H]1Cc1ccc(F)cc1. The van der Waals surface area contributed by atoms with Crippen LogP contribution in [-0.2, 0) is 21.1 Å². The van der Waals surface area contributed by atoms with Crippen LogP contribution in [0.4, 0.5) is 4.39 Å². The quantitative estimate of drug-likeness (QED) is 0.851. The highest BCUT2D eigenvalue weighted by molar-refractivity contribution is 7.91. The van der Waals surface area contributed by atoms with Crippen LogP contribution in [0.5, 0.6) is 0 Å². The average Bonchev–Trinajstić information content (AvgIpc) is 3.07. The van der Waals surface area contributed by atoms with Gasteiger partial charge < -0.3 is 4.90 Å². The summed E-state index contributed by atoms with van der Waals surface area (Å²) in [5, 5.41) is 0. The van der Waals surface area contributed by atoms with E-state index >= 15 is 0 Å². The van der Waals surface area contributed by atoms with Crippen LogP contribution in [0, 0.1) is 11.7 Å². The summed E-state index contributed by atoms with van der Waals surface area (Å²) >= 11 is 0. The molecule has 120 valence electrons. The molecule has 0 bridgehead atoms. The van der Waals surface area contributed by atoms with Crippen LogP contribution < -0.4 is 0 Å². The molecule has 1 amide bonds. The van der Waals surface area contributed by atoms with E-state index in [9.17, 15) is 17.6 Å². The minimum absolute atomic E-state index is 0.00833. The summed E-state index contributed by atoms with van der Waals surface area (Å²) in [4.78, 5) is 14.4. The monoisotopic (exact) mass is 325 g/mol. The third-order valence-corrected chi connectivity index (χ3v) is 6.39. The second kappa shape index (κ2) is 5.99. The van der Waals surface area contributed by atoms with Gasteiger partial charge in [0, 0.05) is 12.6 Å². The molecule has 6 heteroatoms. The molecule has 1 aromatic carbocycles. The van der Waals surface area contributed by atoms with E-state index in [-0.39, 0.29) is 35.2 Å². The maximum absolute atomic E-state index is 13.0. The van der Waals surface area contributed by atoms with E-state index in [4.69, 9.17) is 0 Å². The Hall–Kier alpha value is -1.43. The molecule has 0 radical (unpaired) electrons. The second-order valence-electron chi connectivity index (χ2n) is 6.26. The Morgan fingerprint density at radius 3 is 2.59 bits per heavy atom. The molecule has 0 unspecified atom stereocenters. The number of carbonyl (C=O) groups excluding carboxylic acids is 1. The van der Waals surface area contributed by atoms with Crippen LogP contribution in [0.2, 0.25) is 0 Å². The highest BCUT2D eigenvalue weighted by Crippen LogP contribution is 2.27. The van der Waals surface area contributed by atoms with Crippen molar-refractivity contribution in [2.24, 2.45) is 5.92 Å². The summed E-state index contributed by atoms with van der Waals surface area (Å²) in [5.41, 5.74) is 1.00. The molecule has 0 saturated carbocycles. The lowest BCUT2D eigenvalue weighted by Gasteiger charge is -2.27. The highest BCUT2D eigenvalue weighted by atomic mass is 32.2. The number of carbonyl (C=O) groups is 1. The van der Waals surface area contributed by atoms with E-state index in [0.29, 0.717) is 19.4 Å². The van der Waals surface area contributed by atoms with Crippen molar-refractivity contribution in [3.8, 4) is 0 Å². The summed E-state index contributed by atoms with van der Waals surface area (Å²) in [6, 6.07) is 6.45.